The van der Waals surface area contributed by atoms with E-state index in [1.165, 1.54) is 0 Å². The Bertz CT molecular complexity index is 1200. The molecule has 9 nitrogen and oxygen atoms in total. The van der Waals surface area contributed by atoms with Crippen LogP contribution in [0.1, 0.15) is 37.6 Å². The molecule has 1 aromatic heterocycles. The van der Waals surface area contributed by atoms with E-state index in [0.29, 0.717) is 29.2 Å². The summed E-state index contributed by atoms with van der Waals surface area (Å²) in [5, 5.41) is 6.45. The summed E-state index contributed by atoms with van der Waals surface area (Å²) in [4.78, 5) is 47.3. The molecule has 4 heterocycles. The molecule has 5 rings (SSSR count). The number of nitrogens with zero attached hydrogens (tertiary/aromatic N) is 3. The number of amides is 2. The van der Waals surface area contributed by atoms with Crippen molar-refractivity contribution in [3.63, 3.8) is 0 Å². The lowest BCUT2D eigenvalue weighted by atomic mass is 10.0. The van der Waals surface area contributed by atoms with Gasteiger partial charge in [0.1, 0.15) is 24.4 Å². The summed E-state index contributed by atoms with van der Waals surface area (Å²) in [6.45, 7) is 9.61. The van der Waals surface area contributed by atoms with E-state index in [9.17, 15) is 18.8 Å². The SMILES string of the molecule is CC(C)C[C@H](NC(=O)c1ccc(-c2nc(N3CCNCC3)sc2F)cc1)C(=O)N1C[C@@H](C)[C@H]2OCC(=O)[C@H]21. The number of halogens is 1. The first-order valence-corrected chi connectivity index (χ1v) is 14.0. The van der Waals surface area contributed by atoms with Gasteiger partial charge in [-0.1, -0.05) is 44.2 Å². The number of likely N-dealkylation sites (tertiary alicyclic amines) is 1. The molecule has 3 fully saturated rings. The Morgan fingerprint density at radius 1 is 1.24 bits per heavy atom. The molecule has 0 spiro atoms. The molecule has 4 atom stereocenters. The molecule has 3 aliphatic rings. The van der Waals surface area contributed by atoms with Crippen LogP contribution in [0.25, 0.3) is 11.3 Å². The van der Waals surface area contributed by atoms with Gasteiger partial charge >= 0.3 is 0 Å². The van der Waals surface area contributed by atoms with Crippen LogP contribution in [-0.2, 0) is 14.3 Å². The molecule has 0 unspecified atom stereocenters. The van der Waals surface area contributed by atoms with Gasteiger partial charge in [-0.15, -0.1) is 0 Å². The van der Waals surface area contributed by atoms with Gasteiger partial charge < -0.3 is 25.2 Å². The normalized spacial score (nSPS) is 24.1. The van der Waals surface area contributed by atoms with E-state index in [-0.39, 0.29) is 47.1 Å². The number of ether oxygens (including phenoxy) is 1. The highest BCUT2D eigenvalue weighted by Gasteiger charge is 2.51. The van der Waals surface area contributed by atoms with Gasteiger partial charge in [-0.3, -0.25) is 14.4 Å². The van der Waals surface area contributed by atoms with Crippen molar-refractivity contribution >= 4 is 34.1 Å². The van der Waals surface area contributed by atoms with E-state index in [1.54, 1.807) is 29.2 Å². The number of hydrogen-bond acceptors (Lipinski definition) is 8. The van der Waals surface area contributed by atoms with Crippen molar-refractivity contribution in [3.8, 4) is 11.3 Å². The van der Waals surface area contributed by atoms with Crippen LogP contribution in [0.2, 0.25) is 0 Å². The zero-order valence-electron chi connectivity index (χ0n) is 21.9. The highest BCUT2D eigenvalue weighted by atomic mass is 32.1. The second-order valence-electron chi connectivity index (χ2n) is 10.7. The van der Waals surface area contributed by atoms with Crippen LogP contribution in [0, 0.1) is 17.0 Å². The Kier molecular flexibility index (Phi) is 7.78. The van der Waals surface area contributed by atoms with Gasteiger partial charge in [-0.2, -0.15) is 4.39 Å². The van der Waals surface area contributed by atoms with Crippen LogP contribution in [0.5, 0.6) is 0 Å². The maximum atomic E-state index is 14.7. The second-order valence-corrected chi connectivity index (χ2v) is 11.7. The van der Waals surface area contributed by atoms with Crippen molar-refractivity contribution in [1.29, 1.82) is 0 Å². The van der Waals surface area contributed by atoms with Gasteiger partial charge in [-0.05, 0) is 24.5 Å². The smallest absolute Gasteiger partial charge is 0.251 e. The average molecular weight is 544 g/mol. The predicted molar refractivity (Wildman–Crippen MR) is 143 cm³/mol. The van der Waals surface area contributed by atoms with Gasteiger partial charge in [0.05, 0.1) is 6.10 Å². The van der Waals surface area contributed by atoms with E-state index in [4.69, 9.17) is 4.74 Å². The quantitative estimate of drug-likeness (QED) is 0.553. The number of carbonyl (C=O) groups excluding carboxylic acids is 3. The molecule has 0 saturated carbocycles. The molecule has 0 bridgehead atoms. The fraction of sp³-hybridized carbons (Fsp3) is 0.556. The maximum absolute atomic E-state index is 14.7. The number of piperazine rings is 1. The van der Waals surface area contributed by atoms with Crippen LogP contribution < -0.4 is 15.5 Å². The van der Waals surface area contributed by atoms with Crippen molar-refractivity contribution in [2.75, 3.05) is 44.2 Å². The summed E-state index contributed by atoms with van der Waals surface area (Å²) < 4.78 is 20.4. The first-order valence-electron chi connectivity index (χ1n) is 13.2. The molecular weight excluding hydrogens is 509 g/mol. The average Bonchev–Trinajstić information content (AvgIpc) is 3.59. The first kappa shape index (κ1) is 26.7. The predicted octanol–water partition coefficient (Wildman–Crippen LogP) is 2.32. The van der Waals surface area contributed by atoms with Crippen molar-refractivity contribution in [3.05, 3.63) is 35.0 Å². The molecule has 0 radical (unpaired) electrons. The lowest BCUT2D eigenvalue weighted by Crippen LogP contribution is -2.52. The summed E-state index contributed by atoms with van der Waals surface area (Å²) in [5.74, 6) is -0.542. The number of hydrogen-bond donors (Lipinski definition) is 2. The number of anilines is 1. The molecule has 3 aliphatic heterocycles. The molecule has 1 aromatic carbocycles. The highest BCUT2D eigenvalue weighted by Crippen LogP contribution is 2.33. The van der Waals surface area contributed by atoms with E-state index in [2.05, 4.69) is 20.5 Å². The summed E-state index contributed by atoms with van der Waals surface area (Å²) in [6, 6.07) is 5.24. The summed E-state index contributed by atoms with van der Waals surface area (Å²) in [7, 11) is 0. The Hall–Kier alpha value is -2.89. The lowest BCUT2D eigenvalue weighted by Gasteiger charge is -2.28. The van der Waals surface area contributed by atoms with Gasteiger partial charge in [0, 0.05) is 49.8 Å². The fourth-order valence-corrected chi connectivity index (χ4v) is 6.36. The number of nitrogens with one attached hydrogen (secondary N) is 2. The zero-order chi connectivity index (χ0) is 27.0. The van der Waals surface area contributed by atoms with E-state index < -0.39 is 18.0 Å². The maximum Gasteiger partial charge on any atom is 0.251 e. The van der Waals surface area contributed by atoms with Crippen LogP contribution in [-0.4, -0.2) is 85.0 Å². The number of ketones is 1. The molecule has 2 amide bonds. The number of benzene rings is 1. The van der Waals surface area contributed by atoms with E-state index in [1.807, 2.05) is 20.8 Å². The largest absolute Gasteiger partial charge is 0.367 e. The third-order valence-corrected chi connectivity index (χ3v) is 8.32. The lowest BCUT2D eigenvalue weighted by molar-refractivity contribution is -0.138. The van der Waals surface area contributed by atoms with Crippen LogP contribution >= 0.6 is 11.3 Å². The number of aromatic nitrogens is 1. The minimum absolute atomic E-state index is 0.0212. The van der Waals surface area contributed by atoms with Crippen molar-refractivity contribution in [2.45, 2.75) is 45.4 Å². The van der Waals surface area contributed by atoms with Crippen LogP contribution in [0.4, 0.5) is 9.52 Å². The Morgan fingerprint density at radius 3 is 2.63 bits per heavy atom. The van der Waals surface area contributed by atoms with Gasteiger partial charge in [0.2, 0.25) is 11.0 Å². The Balaban J connectivity index is 1.29. The molecule has 204 valence electrons. The van der Waals surface area contributed by atoms with Gasteiger partial charge in [-0.25, -0.2) is 4.98 Å². The molecule has 3 saturated heterocycles. The topological polar surface area (TPSA) is 104 Å². The minimum atomic E-state index is -0.765. The third-order valence-electron chi connectivity index (χ3n) is 7.42. The highest BCUT2D eigenvalue weighted by molar-refractivity contribution is 7.14. The zero-order valence-corrected chi connectivity index (χ0v) is 22.7. The Labute approximate surface area is 225 Å². The Morgan fingerprint density at radius 2 is 1.95 bits per heavy atom. The first-order chi connectivity index (χ1) is 18.2. The fourth-order valence-electron chi connectivity index (χ4n) is 5.49. The number of thiazole rings is 1. The molecular formula is C27H34FN5O4S. The number of Topliss-reactive ketones (excluding diaryl/α,β-unsaturated/α-hetero) is 1. The molecule has 2 N–H and O–H groups in total. The van der Waals surface area contributed by atoms with E-state index >= 15 is 0 Å². The molecule has 11 heteroatoms. The summed E-state index contributed by atoms with van der Waals surface area (Å²) >= 11 is 1.03. The molecule has 2 aromatic rings. The second kappa shape index (κ2) is 11.1. The van der Waals surface area contributed by atoms with Crippen LogP contribution in [0.3, 0.4) is 0 Å². The standard InChI is InChI=1S/C27H34FN5O4S/c1-15(2)12-19(26(36)33-13-16(3)23-22(33)20(34)14-37-23)30-25(35)18-6-4-17(5-7-18)21-24(28)38-27(31-21)32-10-8-29-9-11-32/h4-7,15-16,19,22-23,29H,8-14H2,1-3H3,(H,30,35)/t16-,19+,22-,23-/m1/s1. The van der Waals surface area contributed by atoms with Crippen molar-refractivity contribution < 1.29 is 23.5 Å². The van der Waals surface area contributed by atoms with Crippen molar-refractivity contribution in [2.24, 2.45) is 11.8 Å². The summed E-state index contributed by atoms with van der Waals surface area (Å²) in [5.41, 5.74) is 1.22. The number of rotatable bonds is 7. The monoisotopic (exact) mass is 543 g/mol. The van der Waals surface area contributed by atoms with Gasteiger partial charge in [0.25, 0.3) is 5.91 Å². The van der Waals surface area contributed by atoms with E-state index in [0.717, 1.165) is 37.5 Å². The molecule has 38 heavy (non-hydrogen) atoms. The van der Waals surface area contributed by atoms with Gasteiger partial charge in [0.15, 0.2) is 10.9 Å². The molecule has 0 aliphatic carbocycles. The third kappa shape index (κ3) is 5.32. The minimum Gasteiger partial charge on any atom is -0.367 e. The number of fused-ring (bicyclic) bond motifs is 1. The summed E-state index contributed by atoms with van der Waals surface area (Å²) in [6.07, 6.45) is 0.159. The van der Waals surface area contributed by atoms with Crippen molar-refractivity contribution in [1.82, 2.24) is 20.5 Å². The van der Waals surface area contributed by atoms with Crippen LogP contribution in [0.15, 0.2) is 24.3 Å². The number of carbonyl (C=O) groups is 3.